The normalized spacial score (nSPS) is 17.2. The summed E-state index contributed by atoms with van der Waals surface area (Å²) in [6, 6.07) is 2.09. The van der Waals surface area contributed by atoms with Crippen molar-refractivity contribution in [3.8, 4) is 0 Å². The van der Waals surface area contributed by atoms with Crippen LogP contribution < -0.4 is 5.32 Å². The van der Waals surface area contributed by atoms with E-state index in [9.17, 15) is 23.1 Å². The van der Waals surface area contributed by atoms with Gasteiger partial charge in [0.05, 0.1) is 11.5 Å². The number of halogens is 3. The van der Waals surface area contributed by atoms with E-state index in [0.29, 0.717) is 0 Å². The van der Waals surface area contributed by atoms with E-state index in [-0.39, 0.29) is 23.2 Å². The molecule has 9 heteroatoms. The molecule has 6 nitrogen and oxygen atoms in total. The maximum atomic E-state index is 13.0. The molecule has 1 amide bonds. The van der Waals surface area contributed by atoms with Gasteiger partial charge in [0, 0.05) is 6.04 Å². The van der Waals surface area contributed by atoms with Crippen LogP contribution in [-0.2, 0) is 11.0 Å². The fourth-order valence-corrected chi connectivity index (χ4v) is 2.75. The highest BCUT2D eigenvalue weighted by atomic mass is 19.4. The second-order valence-electron chi connectivity index (χ2n) is 7.29. The largest absolute Gasteiger partial charge is 0.433 e. The Bertz CT molecular complexity index is 835. The van der Waals surface area contributed by atoms with Crippen LogP contribution in [0.2, 0.25) is 0 Å². The molecule has 0 aromatic carbocycles. The maximum absolute atomic E-state index is 13.0. The number of alkyl halides is 3. The third kappa shape index (κ3) is 3.40. The van der Waals surface area contributed by atoms with Gasteiger partial charge in [-0.3, -0.25) is 14.7 Å². The number of pyridine rings is 1. The van der Waals surface area contributed by atoms with E-state index >= 15 is 0 Å². The number of carbonyl (C=O) groups excluding carboxylic acids is 1. The third-order valence-corrected chi connectivity index (χ3v) is 4.96. The molecule has 2 aromatic heterocycles. The molecule has 1 fully saturated rings. The molecule has 0 spiro atoms. The van der Waals surface area contributed by atoms with Gasteiger partial charge in [0.1, 0.15) is 11.2 Å². The fourth-order valence-electron chi connectivity index (χ4n) is 2.75. The summed E-state index contributed by atoms with van der Waals surface area (Å²) in [6.45, 7) is 4.61. The quantitative estimate of drug-likeness (QED) is 0.863. The lowest BCUT2D eigenvalue weighted by Gasteiger charge is -2.29. The Labute approximate surface area is 148 Å². The summed E-state index contributed by atoms with van der Waals surface area (Å²) in [7, 11) is 0. The van der Waals surface area contributed by atoms with Gasteiger partial charge in [-0.25, -0.2) is 9.97 Å². The van der Waals surface area contributed by atoms with Gasteiger partial charge in [0.2, 0.25) is 11.9 Å². The molecular weight excluding hydrogens is 349 g/mol. The summed E-state index contributed by atoms with van der Waals surface area (Å²) in [5.41, 5.74) is -1.83. The van der Waals surface area contributed by atoms with Crippen molar-refractivity contribution in [1.82, 2.24) is 14.5 Å². The molecule has 0 unspecified atom stereocenters. The third-order valence-electron chi connectivity index (χ3n) is 4.96. The van der Waals surface area contributed by atoms with Gasteiger partial charge in [0.25, 0.3) is 0 Å². The number of amides is 1. The summed E-state index contributed by atoms with van der Waals surface area (Å²) in [5, 5.41) is 12.7. The van der Waals surface area contributed by atoms with Crippen molar-refractivity contribution in [3.63, 3.8) is 0 Å². The second kappa shape index (κ2) is 6.22. The molecule has 142 valence electrons. The van der Waals surface area contributed by atoms with Crippen LogP contribution in [0.1, 0.15) is 51.8 Å². The first-order valence-electron chi connectivity index (χ1n) is 8.48. The summed E-state index contributed by atoms with van der Waals surface area (Å²) in [6.07, 6.45) is -2.03. The lowest BCUT2D eigenvalue weighted by atomic mass is 9.92. The van der Waals surface area contributed by atoms with Crippen molar-refractivity contribution >= 4 is 23.0 Å². The molecule has 2 N–H and O–H groups in total. The average molecular weight is 370 g/mol. The Kier molecular flexibility index (Phi) is 4.46. The van der Waals surface area contributed by atoms with Gasteiger partial charge in [-0.05, 0) is 45.2 Å². The lowest BCUT2D eigenvalue weighted by molar-refractivity contribution is -0.141. The summed E-state index contributed by atoms with van der Waals surface area (Å²) in [4.78, 5) is 20.4. The molecule has 3 rings (SSSR count). The van der Waals surface area contributed by atoms with Gasteiger partial charge in [-0.1, -0.05) is 6.92 Å². The molecule has 1 atom stereocenters. The van der Waals surface area contributed by atoms with Crippen LogP contribution >= 0.6 is 0 Å². The zero-order valence-electron chi connectivity index (χ0n) is 14.8. The number of fused-ring (bicyclic) bond motifs is 1. The van der Waals surface area contributed by atoms with Gasteiger partial charge in [0.15, 0.2) is 5.65 Å². The first kappa shape index (κ1) is 18.6. The Morgan fingerprint density at radius 3 is 2.46 bits per heavy atom. The number of anilines is 1. The highest BCUT2D eigenvalue weighted by molar-refractivity contribution is 5.93. The molecule has 26 heavy (non-hydrogen) atoms. The topological polar surface area (TPSA) is 80.0 Å². The highest BCUT2D eigenvalue weighted by Gasteiger charge is 2.35. The molecule has 2 aromatic rings. The van der Waals surface area contributed by atoms with Crippen LogP contribution in [0.3, 0.4) is 0 Å². The molecule has 0 radical (unpaired) electrons. The van der Waals surface area contributed by atoms with E-state index < -0.39 is 29.3 Å². The molecule has 0 saturated heterocycles. The van der Waals surface area contributed by atoms with Crippen LogP contribution in [0.4, 0.5) is 19.1 Å². The van der Waals surface area contributed by atoms with Crippen molar-refractivity contribution in [2.24, 2.45) is 5.92 Å². The SMILES string of the molecule is C[C@@H](C(=O)Nc1nc2ccc(C(F)(F)F)nc2n1C1CCC1)C(C)(C)O. The predicted octanol–water partition coefficient (Wildman–Crippen LogP) is 3.52. The van der Waals surface area contributed by atoms with E-state index in [0.717, 1.165) is 25.3 Å². The molecule has 0 aliphatic heterocycles. The number of hydrogen-bond acceptors (Lipinski definition) is 4. The number of nitrogens with zero attached hydrogens (tertiary/aromatic N) is 3. The van der Waals surface area contributed by atoms with E-state index in [1.807, 2.05) is 0 Å². The minimum Gasteiger partial charge on any atom is -0.390 e. The Balaban J connectivity index is 2.03. The molecule has 1 aliphatic rings. The Hall–Kier alpha value is -2.16. The van der Waals surface area contributed by atoms with Crippen molar-refractivity contribution in [2.45, 2.75) is 57.9 Å². The molecule has 1 saturated carbocycles. The van der Waals surface area contributed by atoms with Crippen LogP contribution in [0.15, 0.2) is 12.1 Å². The lowest BCUT2D eigenvalue weighted by Crippen LogP contribution is -2.38. The standard InChI is InChI=1S/C17H21F3N4O2/c1-9(16(2,3)26)14(25)23-15-21-11-7-8-12(17(18,19)20)22-13(11)24(15)10-5-4-6-10/h7-10,26H,4-6H2,1-3H3,(H,21,23,25)/t9-/m0/s1. The molecule has 2 heterocycles. The molecule has 1 aliphatic carbocycles. The number of aromatic nitrogens is 3. The van der Waals surface area contributed by atoms with Crippen LogP contribution in [0.5, 0.6) is 0 Å². The minimum atomic E-state index is -4.55. The zero-order valence-corrected chi connectivity index (χ0v) is 14.8. The zero-order chi connectivity index (χ0) is 19.3. The molecule has 0 bridgehead atoms. The first-order valence-corrected chi connectivity index (χ1v) is 8.48. The first-order chi connectivity index (χ1) is 12.0. The average Bonchev–Trinajstić information content (AvgIpc) is 2.80. The number of hydrogen-bond donors (Lipinski definition) is 2. The number of imidazole rings is 1. The number of rotatable bonds is 4. The van der Waals surface area contributed by atoms with Gasteiger partial charge in [-0.2, -0.15) is 13.2 Å². The van der Waals surface area contributed by atoms with Gasteiger partial charge < -0.3 is 5.11 Å². The Morgan fingerprint density at radius 2 is 1.96 bits per heavy atom. The summed E-state index contributed by atoms with van der Waals surface area (Å²) < 4.78 is 40.6. The van der Waals surface area contributed by atoms with Gasteiger partial charge >= 0.3 is 6.18 Å². The summed E-state index contributed by atoms with van der Waals surface area (Å²) in [5.74, 6) is -1.02. The van der Waals surface area contributed by atoms with Crippen molar-refractivity contribution < 1.29 is 23.1 Å². The number of nitrogens with one attached hydrogen (secondary N) is 1. The second-order valence-corrected chi connectivity index (χ2v) is 7.29. The van der Waals surface area contributed by atoms with E-state index in [4.69, 9.17) is 0 Å². The van der Waals surface area contributed by atoms with E-state index in [1.54, 1.807) is 11.5 Å². The minimum absolute atomic E-state index is 0.0521. The van der Waals surface area contributed by atoms with Crippen molar-refractivity contribution in [1.29, 1.82) is 0 Å². The molecular formula is C17H21F3N4O2. The summed E-state index contributed by atoms with van der Waals surface area (Å²) >= 11 is 0. The van der Waals surface area contributed by atoms with E-state index in [1.165, 1.54) is 19.9 Å². The van der Waals surface area contributed by atoms with Crippen LogP contribution in [0.25, 0.3) is 11.2 Å². The van der Waals surface area contributed by atoms with Crippen LogP contribution in [-0.4, -0.2) is 31.1 Å². The maximum Gasteiger partial charge on any atom is 0.433 e. The number of carbonyl (C=O) groups is 1. The van der Waals surface area contributed by atoms with Crippen LogP contribution in [0, 0.1) is 5.92 Å². The van der Waals surface area contributed by atoms with Gasteiger partial charge in [-0.15, -0.1) is 0 Å². The van der Waals surface area contributed by atoms with Crippen molar-refractivity contribution in [2.75, 3.05) is 5.32 Å². The monoisotopic (exact) mass is 370 g/mol. The van der Waals surface area contributed by atoms with E-state index in [2.05, 4.69) is 15.3 Å². The fraction of sp³-hybridized carbons (Fsp3) is 0.588. The smallest absolute Gasteiger partial charge is 0.390 e. The highest BCUT2D eigenvalue weighted by Crippen LogP contribution is 2.38. The number of aliphatic hydroxyl groups is 1. The van der Waals surface area contributed by atoms with Crippen molar-refractivity contribution in [3.05, 3.63) is 17.8 Å². The predicted molar refractivity (Wildman–Crippen MR) is 89.5 cm³/mol. The Morgan fingerprint density at radius 1 is 1.31 bits per heavy atom.